The van der Waals surface area contributed by atoms with E-state index in [2.05, 4.69) is 22.6 Å². The second kappa shape index (κ2) is 6.35. The maximum atomic E-state index is 11.9. The third-order valence-corrected chi connectivity index (χ3v) is 6.51. The molecule has 0 aliphatic rings. The van der Waals surface area contributed by atoms with Crippen LogP contribution in [-0.4, -0.2) is 16.9 Å². The molecule has 0 fully saturated rings. The first-order valence-corrected chi connectivity index (χ1v) is 6.99. The van der Waals surface area contributed by atoms with E-state index in [4.69, 9.17) is 9.05 Å². The zero-order valence-corrected chi connectivity index (χ0v) is 10.8. The summed E-state index contributed by atoms with van der Waals surface area (Å²) in [7, 11) is -2.82. The lowest BCUT2D eigenvalue weighted by Crippen LogP contribution is -2.05. The number of hydrogen-bond donors (Lipinski definition) is 0. The van der Waals surface area contributed by atoms with Crippen LogP contribution in [0.1, 0.15) is 27.2 Å². The van der Waals surface area contributed by atoms with Crippen LogP contribution in [0.2, 0.25) is 0 Å². The van der Waals surface area contributed by atoms with E-state index in [9.17, 15) is 4.57 Å². The zero-order valence-electron chi connectivity index (χ0n) is 7.75. The van der Waals surface area contributed by atoms with Crippen molar-refractivity contribution in [3.05, 3.63) is 0 Å². The summed E-state index contributed by atoms with van der Waals surface area (Å²) in [5.74, 6) is 0. The van der Waals surface area contributed by atoms with Crippen LogP contribution in [0.5, 0.6) is 0 Å². The maximum absolute atomic E-state index is 11.9. The Labute approximate surface area is 87.9 Å². The molecule has 0 aliphatic carbocycles. The van der Waals surface area contributed by atoms with Gasteiger partial charge < -0.3 is 9.05 Å². The van der Waals surface area contributed by atoms with Gasteiger partial charge in [-0.25, -0.2) is 0 Å². The maximum Gasteiger partial charge on any atom is 0.343 e. The second-order valence-corrected chi connectivity index (χ2v) is 6.93. The van der Waals surface area contributed by atoms with Crippen LogP contribution >= 0.6 is 30.2 Å². The van der Waals surface area contributed by atoms with E-state index in [0.29, 0.717) is 13.2 Å². The average Bonchev–Trinajstić information content (AvgIpc) is 2.04. The molecule has 0 saturated carbocycles. The molecule has 74 valence electrons. The van der Waals surface area contributed by atoms with Gasteiger partial charge in [-0.15, -0.1) is 0 Å². The van der Waals surface area contributed by atoms with E-state index < -0.39 is 7.60 Å². The highest BCUT2D eigenvalue weighted by atomic mass is 127. The SMILES string of the molecule is CCOP(=O)(OCC)[C@@H](I)CC. The molecule has 0 bridgehead atoms. The molecule has 0 spiro atoms. The van der Waals surface area contributed by atoms with Gasteiger partial charge in [0.2, 0.25) is 0 Å². The lowest BCUT2D eigenvalue weighted by Gasteiger charge is -2.20. The van der Waals surface area contributed by atoms with Crippen molar-refractivity contribution in [1.29, 1.82) is 0 Å². The normalized spacial score (nSPS) is 14.7. The van der Waals surface area contributed by atoms with Gasteiger partial charge in [-0.1, -0.05) is 29.5 Å². The van der Waals surface area contributed by atoms with Gasteiger partial charge in [0.15, 0.2) is 0 Å². The quantitative estimate of drug-likeness (QED) is 0.428. The Morgan fingerprint density at radius 3 is 1.92 bits per heavy atom. The molecular formula is C7H16IO3P. The van der Waals surface area contributed by atoms with Gasteiger partial charge in [0.05, 0.1) is 13.2 Å². The van der Waals surface area contributed by atoms with E-state index >= 15 is 0 Å². The Balaban J connectivity index is 4.27. The Bertz CT molecular complexity index is 153. The molecule has 0 N–H and O–H groups in total. The van der Waals surface area contributed by atoms with Crippen molar-refractivity contribution in [2.24, 2.45) is 0 Å². The van der Waals surface area contributed by atoms with Crippen LogP contribution in [0.25, 0.3) is 0 Å². The van der Waals surface area contributed by atoms with Crippen LogP contribution in [-0.2, 0) is 13.6 Å². The van der Waals surface area contributed by atoms with Crippen molar-refractivity contribution < 1.29 is 13.6 Å². The summed E-state index contributed by atoms with van der Waals surface area (Å²) >= 11 is 2.12. The highest BCUT2D eigenvalue weighted by molar-refractivity contribution is 14.1. The molecule has 3 nitrogen and oxygen atoms in total. The lowest BCUT2D eigenvalue weighted by atomic mass is 10.6. The monoisotopic (exact) mass is 306 g/mol. The smallest absolute Gasteiger partial charge is 0.308 e. The van der Waals surface area contributed by atoms with Crippen molar-refractivity contribution in [2.75, 3.05) is 13.2 Å². The number of rotatable bonds is 6. The van der Waals surface area contributed by atoms with E-state index in [1.54, 1.807) is 0 Å². The molecule has 12 heavy (non-hydrogen) atoms. The fourth-order valence-electron chi connectivity index (χ4n) is 0.783. The molecular weight excluding hydrogens is 290 g/mol. The van der Waals surface area contributed by atoms with Crippen LogP contribution in [0.15, 0.2) is 0 Å². The summed E-state index contributed by atoms with van der Waals surface area (Å²) in [6.45, 7) is 6.50. The molecule has 0 aromatic carbocycles. The number of hydrogen-bond acceptors (Lipinski definition) is 3. The fourth-order valence-corrected chi connectivity index (χ4v) is 3.31. The zero-order chi connectivity index (χ0) is 9.61. The Hall–Kier alpha value is 0.880. The first-order chi connectivity index (χ1) is 5.60. The van der Waals surface area contributed by atoms with E-state index in [-0.39, 0.29) is 3.67 Å². The van der Waals surface area contributed by atoms with Gasteiger partial charge in [0, 0.05) is 0 Å². The highest BCUT2D eigenvalue weighted by Crippen LogP contribution is 2.56. The molecule has 0 aliphatic heterocycles. The van der Waals surface area contributed by atoms with Gasteiger partial charge in [-0.2, -0.15) is 0 Å². The third-order valence-electron chi connectivity index (χ3n) is 1.30. The summed E-state index contributed by atoms with van der Waals surface area (Å²) in [6, 6.07) is 0. The first-order valence-electron chi connectivity index (χ1n) is 4.13. The Kier molecular flexibility index (Phi) is 6.82. The number of halogens is 1. The summed E-state index contributed by atoms with van der Waals surface area (Å²) in [4.78, 5) is 0. The topological polar surface area (TPSA) is 35.5 Å². The summed E-state index contributed by atoms with van der Waals surface area (Å²) in [6.07, 6.45) is 0.803. The third kappa shape index (κ3) is 3.73. The summed E-state index contributed by atoms with van der Waals surface area (Å²) in [5, 5.41) is 0. The van der Waals surface area contributed by atoms with E-state index in [1.165, 1.54) is 0 Å². The van der Waals surface area contributed by atoms with Gasteiger partial charge >= 0.3 is 7.60 Å². The van der Waals surface area contributed by atoms with Crippen LogP contribution < -0.4 is 0 Å². The summed E-state index contributed by atoms with van der Waals surface area (Å²) in [5.41, 5.74) is 0. The van der Waals surface area contributed by atoms with Gasteiger partial charge in [-0.05, 0) is 20.3 Å². The second-order valence-electron chi connectivity index (χ2n) is 2.22. The van der Waals surface area contributed by atoms with Crippen molar-refractivity contribution >= 4 is 30.2 Å². The molecule has 5 heteroatoms. The van der Waals surface area contributed by atoms with Gasteiger partial charge in [-0.3, -0.25) is 4.57 Å². The van der Waals surface area contributed by atoms with Crippen molar-refractivity contribution in [3.8, 4) is 0 Å². The predicted octanol–water partition coefficient (Wildman–Crippen LogP) is 3.42. The molecule has 0 aromatic heterocycles. The average molecular weight is 306 g/mol. The predicted molar refractivity (Wildman–Crippen MR) is 59.0 cm³/mol. The standard InChI is InChI=1S/C7H16IO3P/c1-4-7(8)12(9,10-5-2)11-6-3/h7H,4-6H2,1-3H3/t7-/m1/s1. The van der Waals surface area contributed by atoms with Crippen molar-refractivity contribution in [3.63, 3.8) is 0 Å². The minimum Gasteiger partial charge on any atom is -0.308 e. The van der Waals surface area contributed by atoms with Gasteiger partial charge in [0.1, 0.15) is 3.67 Å². The molecule has 0 aromatic rings. The Morgan fingerprint density at radius 1 is 1.25 bits per heavy atom. The molecule has 0 heterocycles. The number of alkyl halides is 1. The largest absolute Gasteiger partial charge is 0.343 e. The fraction of sp³-hybridized carbons (Fsp3) is 1.00. The van der Waals surface area contributed by atoms with Crippen LogP contribution in [0.3, 0.4) is 0 Å². The molecule has 0 unspecified atom stereocenters. The molecule has 0 rings (SSSR count). The van der Waals surface area contributed by atoms with Crippen molar-refractivity contribution in [2.45, 2.75) is 30.9 Å². The molecule has 0 radical (unpaired) electrons. The van der Waals surface area contributed by atoms with Gasteiger partial charge in [0.25, 0.3) is 0 Å². The molecule has 0 amide bonds. The van der Waals surface area contributed by atoms with Crippen molar-refractivity contribution in [1.82, 2.24) is 0 Å². The minimum absolute atomic E-state index is 0.0324. The van der Waals surface area contributed by atoms with E-state index in [1.807, 2.05) is 20.8 Å². The van der Waals surface area contributed by atoms with Crippen LogP contribution in [0.4, 0.5) is 0 Å². The minimum atomic E-state index is -2.82. The highest BCUT2D eigenvalue weighted by Gasteiger charge is 2.31. The Morgan fingerprint density at radius 2 is 1.67 bits per heavy atom. The molecule has 0 saturated heterocycles. The lowest BCUT2D eigenvalue weighted by molar-refractivity contribution is 0.219. The van der Waals surface area contributed by atoms with Crippen LogP contribution in [0, 0.1) is 0 Å². The molecule has 1 atom stereocenters. The summed E-state index contributed by atoms with van der Waals surface area (Å²) < 4.78 is 22.2. The van der Waals surface area contributed by atoms with E-state index in [0.717, 1.165) is 6.42 Å². The first kappa shape index (κ1) is 12.9.